The first kappa shape index (κ1) is 18.3. The van der Waals surface area contributed by atoms with Crippen molar-refractivity contribution in [1.29, 1.82) is 0 Å². The number of fused-ring (bicyclic) bond motifs is 1. The molecule has 2 heterocycles. The lowest BCUT2D eigenvalue weighted by Crippen LogP contribution is -2.10. The van der Waals surface area contributed by atoms with Crippen molar-refractivity contribution < 1.29 is 14.3 Å². The van der Waals surface area contributed by atoms with E-state index in [1.54, 1.807) is 49.2 Å². The molecule has 2 aromatic carbocycles. The zero-order valence-electron chi connectivity index (χ0n) is 15.9. The van der Waals surface area contributed by atoms with E-state index in [0.29, 0.717) is 28.5 Å². The fourth-order valence-corrected chi connectivity index (χ4v) is 2.97. The summed E-state index contributed by atoms with van der Waals surface area (Å²) in [6, 6.07) is 16.3. The molecule has 0 radical (unpaired) electrons. The van der Waals surface area contributed by atoms with Gasteiger partial charge in [-0.15, -0.1) is 0 Å². The second kappa shape index (κ2) is 7.51. The van der Waals surface area contributed by atoms with Crippen molar-refractivity contribution in [2.45, 2.75) is 0 Å². The van der Waals surface area contributed by atoms with Crippen LogP contribution in [-0.4, -0.2) is 34.7 Å². The van der Waals surface area contributed by atoms with Crippen LogP contribution < -0.4 is 20.5 Å². The number of nitrogens with one attached hydrogen (secondary N) is 1. The van der Waals surface area contributed by atoms with Crippen LogP contribution in [0.25, 0.3) is 16.9 Å². The van der Waals surface area contributed by atoms with Gasteiger partial charge in [0.05, 0.1) is 26.1 Å². The molecule has 4 aromatic rings. The molecule has 0 bridgehead atoms. The van der Waals surface area contributed by atoms with Gasteiger partial charge in [-0.2, -0.15) is 9.61 Å². The molecule has 8 heteroatoms. The predicted octanol–water partition coefficient (Wildman–Crippen LogP) is 3.26. The fraction of sp³-hybridized carbons (Fsp3) is 0.0952. The number of hydrogen-bond donors (Lipinski definition) is 2. The van der Waals surface area contributed by atoms with Gasteiger partial charge in [-0.25, -0.2) is 4.98 Å². The highest BCUT2D eigenvalue weighted by Crippen LogP contribution is 2.31. The van der Waals surface area contributed by atoms with Crippen molar-refractivity contribution in [3.63, 3.8) is 0 Å². The average Bonchev–Trinajstić information content (AvgIpc) is 3.15. The summed E-state index contributed by atoms with van der Waals surface area (Å²) in [5, 5.41) is 7.95. The van der Waals surface area contributed by atoms with E-state index in [-0.39, 0.29) is 0 Å². The Bertz CT molecular complexity index is 1180. The van der Waals surface area contributed by atoms with Crippen molar-refractivity contribution in [2.75, 3.05) is 19.5 Å². The molecule has 0 unspecified atom stereocenters. The van der Waals surface area contributed by atoms with Gasteiger partial charge in [0.25, 0.3) is 0 Å². The summed E-state index contributed by atoms with van der Waals surface area (Å²) in [5.41, 5.74) is 8.86. The Kier molecular flexibility index (Phi) is 4.74. The number of benzene rings is 2. The summed E-state index contributed by atoms with van der Waals surface area (Å²) < 4.78 is 12.4. The van der Waals surface area contributed by atoms with Crippen LogP contribution in [0.2, 0.25) is 0 Å². The first-order chi connectivity index (χ1) is 14.1. The lowest BCUT2D eigenvalue weighted by Gasteiger charge is -2.10. The molecule has 0 atom stereocenters. The number of rotatable bonds is 6. The van der Waals surface area contributed by atoms with E-state index in [9.17, 15) is 4.79 Å². The molecule has 8 nitrogen and oxygen atoms in total. The number of amides is 1. The first-order valence-electron chi connectivity index (χ1n) is 8.83. The molecule has 0 aliphatic carbocycles. The van der Waals surface area contributed by atoms with Crippen molar-refractivity contribution in [3.8, 4) is 22.8 Å². The van der Waals surface area contributed by atoms with Gasteiger partial charge in [-0.1, -0.05) is 0 Å². The lowest BCUT2D eigenvalue weighted by atomic mass is 10.1. The van der Waals surface area contributed by atoms with E-state index < -0.39 is 5.91 Å². The normalized spacial score (nSPS) is 10.7. The number of carbonyl (C=O) groups is 1. The second-order valence-corrected chi connectivity index (χ2v) is 6.27. The molecule has 0 spiro atoms. The van der Waals surface area contributed by atoms with Crippen molar-refractivity contribution in [2.24, 2.45) is 5.73 Å². The Hall–Kier alpha value is -4.07. The highest BCUT2D eigenvalue weighted by Gasteiger charge is 2.11. The molecule has 2 aromatic heterocycles. The van der Waals surface area contributed by atoms with E-state index >= 15 is 0 Å². The highest BCUT2D eigenvalue weighted by molar-refractivity contribution is 5.93. The molecule has 0 aliphatic heterocycles. The van der Waals surface area contributed by atoms with E-state index in [1.165, 1.54) is 0 Å². The van der Waals surface area contributed by atoms with Crippen LogP contribution in [0.1, 0.15) is 10.4 Å². The Balaban J connectivity index is 1.68. The van der Waals surface area contributed by atoms with E-state index in [2.05, 4.69) is 10.3 Å². The Morgan fingerprint density at radius 1 is 1.00 bits per heavy atom. The van der Waals surface area contributed by atoms with Crippen LogP contribution in [0.15, 0.2) is 60.8 Å². The van der Waals surface area contributed by atoms with E-state index in [1.807, 2.05) is 30.3 Å². The zero-order chi connectivity index (χ0) is 20.4. The maximum absolute atomic E-state index is 11.2. The number of imidazole rings is 1. The zero-order valence-corrected chi connectivity index (χ0v) is 15.9. The summed E-state index contributed by atoms with van der Waals surface area (Å²) in [5.74, 6) is 1.51. The minimum atomic E-state index is -0.465. The minimum Gasteiger partial charge on any atom is -0.493 e. The third kappa shape index (κ3) is 3.55. The van der Waals surface area contributed by atoms with Crippen LogP contribution in [0.3, 0.4) is 0 Å². The van der Waals surface area contributed by atoms with Gasteiger partial charge < -0.3 is 20.5 Å². The number of carbonyl (C=O) groups excluding carboxylic acids is 1. The number of methoxy groups -OCH3 is 2. The van der Waals surface area contributed by atoms with Crippen molar-refractivity contribution in [1.82, 2.24) is 14.6 Å². The SMILES string of the molecule is COc1ccc(-c2ccc3ncc(Nc4ccc(C(N)=O)cc4)n3n2)cc1OC. The van der Waals surface area contributed by atoms with Gasteiger partial charge in [-0.05, 0) is 54.6 Å². The molecule has 3 N–H and O–H groups in total. The lowest BCUT2D eigenvalue weighted by molar-refractivity contribution is 0.100. The topological polar surface area (TPSA) is 104 Å². The third-order valence-corrected chi connectivity index (χ3v) is 4.48. The highest BCUT2D eigenvalue weighted by atomic mass is 16.5. The molecule has 0 saturated carbocycles. The second-order valence-electron chi connectivity index (χ2n) is 6.27. The van der Waals surface area contributed by atoms with Crippen LogP contribution >= 0.6 is 0 Å². The van der Waals surface area contributed by atoms with E-state index in [4.69, 9.17) is 20.3 Å². The smallest absolute Gasteiger partial charge is 0.248 e. The van der Waals surface area contributed by atoms with Crippen molar-refractivity contribution >= 4 is 23.1 Å². The molecular weight excluding hydrogens is 370 g/mol. The Morgan fingerprint density at radius 3 is 2.45 bits per heavy atom. The Labute approximate surface area is 166 Å². The largest absolute Gasteiger partial charge is 0.493 e. The van der Waals surface area contributed by atoms with Gasteiger partial charge in [0, 0.05) is 16.8 Å². The van der Waals surface area contributed by atoms with Crippen LogP contribution in [-0.2, 0) is 0 Å². The number of nitrogens with two attached hydrogens (primary N) is 1. The maximum Gasteiger partial charge on any atom is 0.248 e. The van der Waals surface area contributed by atoms with Gasteiger partial charge in [0.1, 0.15) is 0 Å². The van der Waals surface area contributed by atoms with Crippen LogP contribution in [0.4, 0.5) is 11.5 Å². The number of anilines is 2. The number of primary amides is 1. The Morgan fingerprint density at radius 2 is 1.76 bits per heavy atom. The summed E-state index contributed by atoms with van der Waals surface area (Å²) in [6.45, 7) is 0. The van der Waals surface area contributed by atoms with Crippen LogP contribution in [0, 0.1) is 0 Å². The molecule has 0 fully saturated rings. The molecule has 1 amide bonds. The number of ether oxygens (including phenoxy) is 2. The average molecular weight is 389 g/mol. The standard InChI is InChI=1S/C21H19N5O3/c1-28-17-9-5-14(11-18(17)29-2)16-8-10-19-23-12-20(26(19)25-16)24-15-6-3-13(4-7-15)21(22)27/h3-12,24H,1-2H3,(H2,22,27). The first-order valence-corrected chi connectivity index (χ1v) is 8.83. The molecule has 0 aliphatic rings. The molecule has 0 saturated heterocycles. The fourth-order valence-electron chi connectivity index (χ4n) is 2.97. The summed E-state index contributed by atoms with van der Waals surface area (Å²) in [6.07, 6.45) is 1.70. The number of aromatic nitrogens is 3. The number of nitrogens with zero attached hydrogens (tertiary/aromatic N) is 3. The minimum absolute atomic E-state index is 0.447. The monoisotopic (exact) mass is 389 g/mol. The molecule has 4 rings (SSSR count). The van der Waals surface area contributed by atoms with Gasteiger partial charge in [0.15, 0.2) is 23.0 Å². The van der Waals surface area contributed by atoms with Crippen LogP contribution in [0.5, 0.6) is 11.5 Å². The van der Waals surface area contributed by atoms with Gasteiger partial charge in [0.2, 0.25) is 5.91 Å². The molecular formula is C21H19N5O3. The van der Waals surface area contributed by atoms with Crippen molar-refractivity contribution in [3.05, 3.63) is 66.4 Å². The quantitative estimate of drug-likeness (QED) is 0.525. The molecule has 29 heavy (non-hydrogen) atoms. The third-order valence-electron chi connectivity index (χ3n) is 4.48. The summed E-state index contributed by atoms with van der Waals surface area (Å²) in [7, 11) is 3.20. The maximum atomic E-state index is 11.2. The number of hydrogen-bond acceptors (Lipinski definition) is 6. The van der Waals surface area contributed by atoms with Gasteiger partial charge >= 0.3 is 0 Å². The summed E-state index contributed by atoms with van der Waals surface area (Å²) >= 11 is 0. The molecule has 146 valence electrons. The summed E-state index contributed by atoms with van der Waals surface area (Å²) in [4.78, 5) is 15.6. The van der Waals surface area contributed by atoms with E-state index in [0.717, 1.165) is 16.9 Å². The van der Waals surface area contributed by atoms with Gasteiger partial charge in [-0.3, -0.25) is 4.79 Å². The predicted molar refractivity (Wildman–Crippen MR) is 110 cm³/mol.